The fourth-order valence-electron chi connectivity index (χ4n) is 1.20. The van der Waals surface area contributed by atoms with Gasteiger partial charge in [0.15, 0.2) is 9.84 Å². The highest BCUT2D eigenvalue weighted by Crippen LogP contribution is 2.18. The zero-order chi connectivity index (χ0) is 14.0. The van der Waals surface area contributed by atoms with Crippen molar-refractivity contribution in [3.63, 3.8) is 0 Å². The number of hydrogen-bond acceptors (Lipinski definition) is 4. The molecule has 0 bridgehead atoms. The smallest absolute Gasteiger partial charge is 0.154 e. The Morgan fingerprint density at radius 1 is 1.39 bits per heavy atom. The minimum Gasteiger partial charge on any atom is -0.383 e. The lowest BCUT2D eigenvalue weighted by atomic mass is 10.1. The molecule has 1 N–H and O–H groups in total. The van der Waals surface area contributed by atoms with E-state index < -0.39 is 20.4 Å². The SMILES string of the molecule is CC(C)(CNc1cc(F)cc(C#N)c1)S(C)(=O)=O. The number of sulfone groups is 1. The lowest BCUT2D eigenvalue weighted by Crippen LogP contribution is -2.38. The number of rotatable bonds is 4. The highest BCUT2D eigenvalue weighted by Gasteiger charge is 2.29. The first-order valence-electron chi connectivity index (χ1n) is 5.30. The average Bonchev–Trinajstić information content (AvgIpc) is 2.24. The topological polar surface area (TPSA) is 70.0 Å². The summed E-state index contributed by atoms with van der Waals surface area (Å²) in [5.74, 6) is -0.534. The van der Waals surface area contributed by atoms with Gasteiger partial charge in [0.1, 0.15) is 5.82 Å². The molecule has 4 nitrogen and oxygen atoms in total. The van der Waals surface area contributed by atoms with Gasteiger partial charge in [-0.15, -0.1) is 0 Å². The summed E-state index contributed by atoms with van der Waals surface area (Å²) in [7, 11) is -3.22. The van der Waals surface area contributed by atoms with E-state index in [0.29, 0.717) is 5.69 Å². The van der Waals surface area contributed by atoms with E-state index in [-0.39, 0.29) is 12.1 Å². The van der Waals surface area contributed by atoms with E-state index in [9.17, 15) is 12.8 Å². The molecule has 0 atom stereocenters. The Hall–Kier alpha value is -1.61. The van der Waals surface area contributed by atoms with Gasteiger partial charge in [-0.3, -0.25) is 0 Å². The van der Waals surface area contributed by atoms with Crippen molar-refractivity contribution in [2.75, 3.05) is 18.1 Å². The largest absolute Gasteiger partial charge is 0.383 e. The van der Waals surface area contributed by atoms with E-state index in [4.69, 9.17) is 5.26 Å². The number of anilines is 1. The number of hydrogen-bond donors (Lipinski definition) is 1. The molecule has 0 saturated heterocycles. The second kappa shape index (κ2) is 4.94. The molecule has 0 saturated carbocycles. The van der Waals surface area contributed by atoms with Crippen LogP contribution in [0.3, 0.4) is 0 Å². The highest BCUT2D eigenvalue weighted by molar-refractivity contribution is 7.92. The molecule has 18 heavy (non-hydrogen) atoms. The predicted octanol–water partition coefficient (Wildman–Crippen LogP) is 1.93. The van der Waals surface area contributed by atoms with Crippen molar-refractivity contribution < 1.29 is 12.8 Å². The molecule has 6 heteroatoms. The van der Waals surface area contributed by atoms with Gasteiger partial charge >= 0.3 is 0 Å². The Balaban J connectivity index is 2.88. The van der Waals surface area contributed by atoms with Crippen molar-refractivity contribution >= 4 is 15.5 Å². The maximum atomic E-state index is 13.2. The lowest BCUT2D eigenvalue weighted by Gasteiger charge is -2.23. The fourth-order valence-corrected chi connectivity index (χ4v) is 1.54. The van der Waals surface area contributed by atoms with Crippen LogP contribution in [-0.2, 0) is 9.84 Å². The normalized spacial score (nSPS) is 11.9. The standard InChI is InChI=1S/C12H15FN2O2S/c1-12(2,18(3,16)17)8-15-11-5-9(7-14)4-10(13)6-11/h4-6,15H,8H2,1-3H3. The zero-order valence-electron chi connectivity index (χ0n) is 10.5. The van der Waals surface area contributed by atoms with Gasteiger partial charge in [-0.2, -0.15) is 5.26 Å². The number of nitriles is 1. The molecular formula is C12H15FN2O2S. The minimum absolute atomic E-state index is 0.139. The van der Waals surface area contributed by atoms with Crippen molar-refractivity contribution in [3.05, 3.63) is 29.6 Å². The predicted molar refractivity (Wildman–Crippen MR) is 68.5 cm³/mol. The monoisotopic (exact) mass is 270 g/mol. The fraction of sp³-hybridized carbons (Fsp3) is 0.417. The van der Waals surface area contributed by atoms with E-state index >= 15 is 0 Å². The second-order valence-corrected chi connectivity index (χ2v) is 7.38. The summed E-state index contributed by atoms with van der Waals surface area (Å²) in [6.45, 7) is 3.31. The number of nitrogens with one attached hydrogen (secondary N) is 1. The molecule has 0 aromatic heterocycles. The van der Waals surface area contributed by atoms with Crippen LogP contribution in [0, 0.1) is 17.1 Å². The van der Waals surface area contributed by atoms with Crippen molar-refractivity contribution in [1.82, 2.24) is 0 Å². The van der Waals surface area contributed by atoms with Gasteiger partial charge in [-0.1, -0.05) is 0 Å². The maximum absolute atomic E-state index is 13.2. The van der Waals surface area contributed by atoms with Crippen molar-refractivity contribution in [2.24, 2.45) is 0 Å². The summed E-state index contributed by atoms with van der Waals surface area (Å²) in [5.41, 5.74) is 0.581. The number of halogens is 1. The average molecular weight is 270 g/mol. The van der Waals surface area contributed by atoms with Crippen LogP contribution in [0.2, 0.25) is 0 Å². The van der Waals surface area contributed by atoms with Gasteiger partial charge in [-0.05, 0) is 32.0 Å². The third-order valence-electron chi connectivity index (χ3n) is 2.75. The lowest BCUT2D eigenvalue weighted by molar-refractivity contribution is 0.560. The molecule has 0 amide bonds. The number of benzene rings is 1. The van der Waals surface area contributed by atoms with Crippen LogP contribution in [0.4, 0.5) is 10.1 Å². The van der Waals surface area contributed by atoms with Crippen LogP contribution in [0.25, 0.3) is 0 Å². The minimum atomic E-state index is -3.22. The van der Waals surface area contributed by atoms with Crippen molar-refractivity contribution in [3.8, 4) is 6.07 Å². The summed E-state index contributed by atoms with van der Waals surface area (Å²) in [6.07, 6.45) is 1.15. The van der Waals surface area contributed by atoms with Crippen LogP contribution in [0.15, 0.2) is 18.2 Å². The first-order chi connectivity index (χ1) is 8.15. The quantitative estimate of drug-likeness (QED) is 0.907. The van der Waals surface area contributed by atoms with E-state index in [1.807, 2.05) is 6.07 Å². The highest BCUT2D eigenvalue weighted by atomic mass is 32.2. The molecule has 1 aromatic rings. The molecule has 0 heterocycles. The van der Waals surface area contributed by atoms with Gasteiger partial charge in [-0.25, -0.2) is 12.8 Å². The van der Waals surface area contributed by atoms with Crippen molar-refractivity contribution in [2.45, 2.75) is 18.6 Å². The Morgan fingerprint density at radius 3 is 2.50 bits per heavy atom. The molecule has 0 unspecified atom stereocenters. The molecule has 0 aliphatic carbocycles. The summed E-state index contributed by atoms with van der Waals surface area (Å²) >= 11 is 0. The van der Waals surface area contributed by atoms with Gasteiger partial charge in [0, 0.05) is 18.5 Å². The van der Waals surface area contributed by atoms with E-state index in [0.717, 1.165) is 12.3 Å². The molecule has 0 spiro atoms. The summed E-state index contributed by atoms with van der Waals surface area (Å²) in [6, 6.07) is 5.65. The molecule has 0 radical (unpaired) electrons. The van der Waals surface area contributed by atoms with Crippen LogP contribution in [0.1, 0.15) is 19.4 Å². The second-order valence-electron chi connectivity index (χ2n) is 4.73. The number of nitrogens with zero attached hydrogens (tertiary/aromatic N) is 1. The zero-order valence-corrected chi connectivity index (χ0v) is 11.3. The van der Waals surface area contributed by atoms with Gasteiger partial charge < -0.3 is 5.32 Å². The summed E-state index contributed by atoms with van der Waals surface area (Å²) in [4.78, 5) is 0. The molecule has 1 aromatic carbocycles. The molecule has 0 aliphatic rings. The first-order valence-corrected chi connectivity index (χ1v) is 7.19. The molecule has 98 valence electrons. The van der Waals surface area contributed by atoms with Gasteiger partial charge in [0.05, 0.1) is 16.4 Å². The molecule has 0 fully saturated rings. The van der Waals surface area contributed by atoms with Crippen LogP contribution in [0.5, 0.6) is 0 Å². The van der Waals surface area contributed by atoms with Crippen LogP contribution in [-0.4, -0.2) is 26.0 Å². The summed E-state index contributed by atoms with van der Waals surface area (Å²) in [5, 5.41) is 11.5. The molecule has 1 rings (SSSR count). The third-order valence-corrected chi connectivity index (χ3v) is 4.90. The first kappa shape index (κ1) is 14.5. The van der Waals surface area contributed by atoms with Crippen LogP contribution >= 0.6 is 0 Å². The van der Waals surface area contributed by atoms with Crippen molar-refractivity contribution in [1.29, 1.82) is 5.26 Å². The Morgan fingerprint density at radius 2 is 2.00 bits per heavy atom. The third kappa shape index (κ3) is 3.44. The van der Waals surface area contributed by atoms with Gasteiger partial charge in [0.2, 0.25) is 0 Å². The van der Waals surface area contributed by atoms with E-state index in [1.54, 1.807) is 13.8 Å². The van der Waals surface area contributed by atoms with Crippen LogP contribution < -0.4 is 5.32 Å². The Labute approximate surface area is 106 Å². The summed E-state index contributed by atoms with van der Waals surface area (Å²) < 4.78 is 35.2. The van der Waals surface area contributed by atoms with E-state index in [2.05, 4.69) is 5.32 Å². The Kier molecular flexibility index (Phi) is 3.97. The Bertz CT molecular complexity index is 589. The molecular weight excluding hydrogens is 255 g/mol. The molecule has 0 aliphatic heterocycles. The van der Waals surface area contributed by atoms with Gasteiger partial charge in [0.25, 0.3) is 0 Å². The maximum Gasteiger partial charge on any atom is 0.154 e. The van der Waals surface area contributed by atoms with E-state index in [1.165, 1.54) is 12.1 Å².